The molecule has 1 aromatic carbocycles. The van der Waals surface area contributed by atoms with Crippen molar-refractivity contribution >= 4 is 22.6 Å². The minimum Gasteiger partial charge on any atom is -0.462 e. The number of piperazine rings is 1. The summed E-state index contributed by atoms with van der Waals surface area (Å²) in [6, 6.07) is 1.67. The number of halogens is 1. The molecule has 0 N–H and O–H groups in total. The van der Waals surface area contributed by atoms with Crippen molar-refractivity contribution in [3.63, 3.8) is 0 Å². The van der Waals surface area contributed by atoms with E-state index in [1.807, 2.05) is 4.57 Å². The van der Waals surface area contributed by atoms with Crippen LogP contribution in [0, 0.1) is 5.82 Å². The van der Waals surface area contributed by atoms with E-state index in [1.165, 1.54) is 6.07 Å². The molecule has 0 radical (unpaired) electrons. The number of fused-ring (bicyclic) bond motifs is 5. The van der Waals surface area contributed by atoms with E-state index in [2.05, 4.69) is 16.8 Å². The number of hydrogen-bond donors (Lipinski definition) is 0. The molecule has 1 saturated heterocycles. The molecule has 3 aliphatic rings. The van der Waals surface area contributed by atoms with Crippen LogP contribution in [0.5, 0.6) is 0 Å². The number of likely N-dealkylation sites (N-methyl/N-ethyl adjacent to an activating group) is 1. The number of anilines is 1. The van der Waals surface area contributed by atoms with E-state index in [1.54, 1.807) is 13.1 Å². The van der Waals surface area contributed by atoms with Gasteiger partial charge in [-0.1, -0.05) is 0 Å². The maximum Gasteiger partial charge on any atom is 0.343 e. The highest BCUT2D eigenvalue weighted by Crippen LogP contribution is 2.41. The number of aromatic nitrogens is 1. The Labute approximate surface area is 180 Å². The fraction of sp³-hybridized carbons (Fsp3) is 0.565. The lowest BCUT2D eigenvalue weighted by Crippen LogP contribution is -2.53. The predicted molar refractivity (Wildman–Crippen MR) is 115 cm³/mol. The van der Waals surface area contributed by atoms with Gasteiger partial charge in [0.25, 0.3) is 0 Å². The van der Waals surface area contributed by atoms with Crippen LogP contribution in [-0.4, -0.2) is 61.4 Å². The van der Waals surface area contributed by atoms with Gasteiger partial charge < -0.3 is 23.8 Å². The van der Waals surface area contributed by atoms with Crippen molar-refractivity contribution in [1.82, 2.24) is 9.47 Å². The zero-order valence-corrected chi connectivity index (χ0v) is 18.0. The zero-order valence-electron chi connectivity index (χ0n) is 18.0. The van der Waals surface area contributed by atoms with Crippen LogP contribution < -0.4 is 10.3 Å². The second-order valence-electron chi connectivity index (χ2n) is 8.76. The largest absolute Gasteiger partial charge is 0.462 e. The van der Waals surface area contributed by atoms with Crippen LogP contribution in [0.2, 0.25) is 0 Å². The topological polar surface area (TPSA) is 64.0 Å². The minimum atomic E-state index is -0.661. The number of carbonyl (C=O) groups is 1. The normalized spacial score (nSPS) is 21.9. The van der Waals surface area contributed by atoms with Gasteiger partial charge in [0.1, 0.15) is 11.4 Å². The third kappa shape index (κ3) is 3.51. The highest BCUT2D eigenvalue weighted by atomic mass is 19.1. The molecule has 2 aliphatic heterocycles. The molecule has 2 aromatic rings. The summed E-state index contributed by atoms with van der Waals surface area (Å²) in [7, 11) is 2.08. The highest BCUT2D eigenvalue weighted by molar-refractivity contribution is 5.96. The van der Waals surface area contributed by atoms with Gasteiger partial charge in [-0.15, -0.1) is 0 Å². The Morgan fingerprint density at radius 2 is 2.06 bits per heavy atom. The van der Waals surface area contributed by atoms with Crippen molar-refractivity contribution in [2.24, 2.45) is 0 Å². The van der Waals surface area contributed by atoms with Gasteiger partial charge in [0.05, 0.1) is 24.4 Å². The second-order valence-corrected chi connectivity index (χ2v) is 8.76. The lowest BCUT2D eigenvalue weighted by molar-refractivity contribution is 0.0524. The van der Waals surface area contributed by atoms with Gasteiger partial charge >= 0.3 is 5.97 Å². The summed E-state index contributed by atoms with van der Waals surface area (Å²) in [6.07, 6.45) is 4.37. The molecule has 0 spiro atoms. The molecule has 1 aromatic heterocycles. The van der Waals surface area contributed by atoms with E-state index in [9.17, 15) is 9.59 Å². The summed E-state index contributed by atoms with van der Waals surface area (Å²) in [5.74, 6) is -1.09. The first kappa shape index (κ1) is 20.5. The molecule has 8 heteroatoms. The molecule has 1 aliphatic carbocycles. The molecular formula is C23H28FN3O4. The molecule has 2 fully saturated rings. The Morgan fingerprint density at radius 1 is 1.26 bits per heavy atom. The molecular weight excluding hydrogens is 401 g/mol. The standard InChI is InChI=1S/C23H28FN3O4/c1-3-31-23(29)17-12-27(14-4-5-14)20-16(22(17)28)10-19(24)21-18(20)13-30-9-6-15-11-25(2)7-8-26(15)21/h10,12,14-15H,3-9,11,13H2,1-2H3. The minimum absolute atomic E-state index is 0.0372. The van der Waals surface area contributed by atoms with Crippen molar-refractivity contribution in [1.29, 1.82) is 0 Å². The number of rotatable bonds is 3. The van der Waals surface area contributed by atoms with Crippen LogP contribution in [-0.2, 0) is 16.1 Å². The third-order valence-electron chi connectivity index (χ3n) is 6.59. The van der Waals surface area contributed by atoms with Crippen LogP contribution in [0.1, 0.15) is 48.1 Å². The summed E-state index contributed by atoms with van der Waals surface area (Å²) < 4.78 is 28.6. The molecule has 0 bridgehead atoms. The van der Waals surface area contributed by atoms with Gasteiger partial charge in [-0.25, -0.2) is 9.18 Å². The van der Waals surface area contributed by atoms with E-state index >= 15 is 4.39 Å². The molecule has 7 nitrogen and oxygen atoms in total. The Kier molecular flexibility index (Phi) is 5.22. The summed E-state index contributed by atoms with van der Waals surface area (Å²) in [5.41, 5.74) is 1.43. The molecule has 166 valence electrons. The molecule has 0 amide bonds. The van der Waals surface area contributed by atoms with Gasteiger partial charge in [-0.3, -0.25) is 4.79 Å². The number of hydrogen-bond acceptors (Lipinski definition) is 6. The first-order valence-corrected chi connectivity index (χ1v) is 11.1. The Bertz CT molecular complexity index is 1090. The Hall–Kier alpha value is -2.45. The van der Waals surface area contributed by atoms with Crippen molar-refractivity contribution in [2.75, 3.05) is 44.8 Å². The van der Waals surface area contributed by atoms with E-state index in [0.29, 0.717) is 23.4 Å². The lowest BCUT2D eigenvalue weighted by Gasteiger charge is -2.43. The predicted octanol–water partition coefficient (Wildman–Crippen LogP) is 2.69. The van der Waals surface area contributed by atoms with E-state index in [4.69, 9.17) is 9.47 Å². The van der Waals surface area contributed by atoms with Crippen LogP contribution in [0.4, 0.5) is 10.1 Å². The van der Waals surface area contributed by atoms with Gasteiger partial charge in [-0.05, 0) is 39.3 Å². The van der Waals surface area contributed by atoms with Crippen molar-refractivity contribution < 1.29 is 18.7 Å². The fourth-order valence-electron chi connectivity index (χ4n) is 4.95. The average Bonchev–Trinajstić information content (AvgIpc) is 3.56. The Balaban J connectivity index is 1.77. The fourth-order valence-corrected chi connectivity index (χ4v) is 4.95. The average molecular weight is 429 g/mol. The Morgan fingerprint density at radius 3 is 2.81 bits per heavy atom. The lowest BCUT2D eigenvalue weighted by atomic mass is 9.99. The summed E-state index contributed by atoms with van der Waals surface area (Å²) in [6.45, 7) is 5.13. The van der Waals surface area contributed by atoms with E-state index in [-0.39, 0.29) is 36.2 Å². The quantitative estimate of drug-likeness (QED) is 0.699. The van der Waals surface area contributed by atoms with Gasteiger partial charge in [0, 0.05) is 55.5 Å². The third-order valence-corrected chi connectivity index (χ3v) is 6.59. The van der Waals surface area contributed by atoms with Crippen LogP contribution in [0.15, 0.2) is 17.1 Å². The SMILES string of the molecule is CCOC(=O)c1cn(C2CC2)c2c3c(c(F)cc2c1=O)N1CCN(C)CC1CCOC3. The number of benzene rings is 1. The highest BCUT2D eigenvalue weighted by Gasteiger charge is 2.34. The summed E-state index contributed by atoms with van der Waals surface area (Å²) in [4.78, 5) is 30.1. The van der Waals surface area contributed by atoms with Crippen LogP contribution >= 0.6 is 0 Å². The maximum absolute atomic E-state index is 15.6. The number of esters is 1. The van der Waals surface area contributed by atoms with E-state index in [0.717, 1.165) is 38.9 Å². The number of ether oxygens (including phenoxy) is 2. The first-order valence-electron chi connectivity index (χ1n) is 11.1. The van der Waals surface area contributed by atoms with Gasteiger partial charge in [0.15, 0.2) is 0 Å². The van der Waals surface area contributed by atoms with Gasteiger partial charge in [0.2, 0.25) is 5.43 Å². The van der Waals surface area contributed by atoms with Crippen LogP contribution in [0.25, 0.3) is 10.9 Å². The van der Waals surface area contributed by atoms with Crippen molar-refractivity contribution in [3.8, 4) is 0 Å². The molecule has 1 unspecified atom stereocenters. The van der Waals surface area contributed by atoms with E-state index < -0.39 is 17.2 Å². The number of carbonyl (C=O) groups excluding carboxylic acids is 1. The van der Waals surface area contributed by atoms with Crippen molar-refractivity contribution in [2.45, 2.75) is 44.9 Å². The second kappa shape index (κ2) is 7.91. The molecule has 31 heavy (non-hydrogen) atoms. The van der Waals surface area contributed by atoms with Gasteiger partial charge in [-0.2, -0.15) is 0 Å². The molecule has 1 saturated carbocycles. The van der Waals surface area contributed by atoms with Crippen molar-refractivity contribution in [3.05, 3.63) is 39.4 Å². The molecule has 1 atom stereocenters. The number of nitrogens with zero attached hydrogens (tertiary/aromatic N) is 3. The summed E-state index contributed by atoms with van der Waals surface area (Å²) in [5, 5.41) is 0.226. The van der Waals surface area contributed by atoms with Crippen LogP contribution in [0.3, 0.4) is 0 Å². The zero-order chi connectivity index (χ0) is 21.7. The monoisotopic (exact) mass is 429 g/mol. The molecule has 3 heterocycles. The smallest absolute Gasteiger partial charge is 0.343 e. The maximum atomic E-state index is 15.6. The number of pyridine rings is 1. The summed E-state index contributed by atoms with van der Waals surface area (Å²) >= 11 is 0. The first-order chi connectivity index (χ1) is 15.0. The molecule has 5 rings (SSSR count).